The van der Waals surface area contributed by atoms with E-state index in [1.165, 1.54) is 24.5 Å². The van der Waals surface area contributed by atoms with Gasteiger partial charge in [-0.15, -0.1) is 0 Å². The second kappa shape index (κ2) is 6.29. The summed E-state index contributed by atoms with van der Waals surface area (Å²) < 4.78 is 13.4. The molecule has 100 valence electrons. The van der Waals surface area contributed by atoms with Crippen molar-refractivity contribution in [3.05, 3.63) is 46.8 Å². The Bertz CT molecular complexity index is 559. The maximum atomic E-state index is 13.4. The molecule has 5 nitrogen and oxygen atoms in total. The normalized spacial score (nSPS) is 10.4. The standard InChI is InChI=1S/C12H12ClFN4O/c13-8-3-4-10(14)9(6-8)12(19)15-5-1-2-11-16-7-17-18-11/h3-4,6-7H,1-2,5H2,(H,15,19)(H,16,17,18). The van der Waals surface area contributed by atoms with E-state index in [4.69, 9.17) is 11.6 Å². The molecule has 7 heteroatoms. The number of nitrogens with one attached hydrogen (secondary N) is 2. The summed E-state index contributed by atoms with van der Waals surface area (Å²) in [4.78, 5) is 15.7. The van der Waals surface area contributed by atoms with Gasteiger partial charge < -0.3 is 5.32 Å². The molecule has 2 aromatic rings. The number of carbonyl (C=O) groups is 1. The van der Waals surface area contributed by atoms with Crippen LogP contribution < -0.4 is 5.32 Å². The van der Waals surface area contributed by atoms with Crippen molar-refractivity contribution in [3.63, 3.8) is 0 Å². The summed E-state index contributed by atoms with van der Waals surface area (Å²) in [7, 11) is 0. The van der Waals surface area contributed by atoms with Gasteiger partial charge in [-0.05, 0) is 24.6 Å². The Balaban J connectivity index is 1.82. The molecule has 0 spiro atoms. The van der Waals surface area contributed by atoms with E-state index in [0.29, 0.717) is 24.4 Å². The van der Waals surface area contributed by atoms with Crippen molar-refractivity contribution in [1.29, 1.82) is 0 Å². The minimum Gasteiger partial charge on any atom is -0.352 e. The van der Waals surface area contributed by atoms with E-state index >= 15 is 0 Å². The van der Waals surface area contributed by atoms with Crippen LogP contribution in [0.5, 0.6) is 0 Å². The van der Waals surface area contributed by atoms with Gasteiger partial charge >= 0.3 is 0 Å². The molecule has 1 amide bonds. The number of nitrogens with zero attached hydrogens (tertiary/aromatic N) is 2. The number of rotatable bonds is 5. The Hall–Kier alpha value is -1.95. The first-order valence-corrected chi connectivity index (χ1v) is 6.12. The van der Waals surface area contributed by atoms with Crippen LogP contribution >= 0.6 is 11.6 Å². The molecule has 0 bridgehead atoms. The predicted molar refractivity (Wildman–Crippen MR) is 68.4 cm³/mol. The molecule has 0 aliphatic carbocycles. The summed E-state index contributed by atoms with van der Waals surface area (Å²) in [5.41, 5.74) is -0.0489. The van der Waals surface area contributed by atoms with Crippen molar-refractivity contribution in [3.8, 4) is 0 Å². The van der Waals surface area contributed by atoms with Gasteiger partial charge in [0.15, 0.2) is 0 Å². The number of aromatic amines is 1. The third-order valence-corrected chi connectivity index (χ3v) is 2.75. The van der Waals surface area contributed by atoms with Gasteiger partial charge in [0.25, 0.3) is 5.91 Å². The number of hydrogen-bond acceptors (Lipinski definition) is 3. The van der Waals surface area contributed by atoms with Gasteiger partial charge in [-0.25, -0.2) is 9.37 Å². The smallest absolute Gasteiger partial charge is 0.254 e. The number of aryl methyl sites for hydroxylation is 1. The summed E-state index contributed by atoms with van der Waals surface area (Å²) in [5.74, 6) is -0.308. The maximum absolute atomic E-state index is 13.4. The van der Waals surface area contributed by atoms with Gasteiger partial charge in [-0.3, -0.25) is 9.89 Å². The molecule has 2 N–H and O–H groups in total. The number of aromatic nitrogens is 3. The van der Waals surface area contributed by atoms with Gasteiger partial charge in [0.2, 0.25) is 0 Å². The molecule has 1 heterocycles. The predicted octanol–water partition coefficient (Wildman–Crippen LogP) is 1.96. The minimum atomic E-state index is -0.586. The van der Waals surface area contributed by atoms with Gasteiger partial charge in [0.1, 0.15) is 18.0 Å². The Morgan fingerprint density at radius 3 is 3.05 bits per heavy atom. The van der Waals surface area contributed by atoms with Crippen molar-refractivity contribution < 1.29 is 9.18 Å². The van der Waals surface area contributed by atoms with Crippen LogP contribution in [0, 0.1) is 5.82 Å². The van der Waals surface area contributed by atoms with Crippen LogP contribution in [0.2, 0.25) is 5.02 Å². The summed E-state index contributed by atoms with van der Waals surface area (Å²) in [6.45, 7) is 0.422. The molecule has 0 atom stereocenters. The van der Waals surface area contributed by atoms with E-state index in [1.54, 1.807) is 0 Å². The molecular formula is C12H12ClFN4O. The van der Waals surface area contributed by atoms with Crippen molar-refractivity contribution in [1.82, 2.24) is 20.5 Å². The molecule has 0 saturated heterocycles. The second-order valence-electron chi connectivity index (χ2n) is 3.92. The SMILES string of the molecule is O=C(NCCCc1ncn[nH]1)c1cc(Cl)ccc1F. The van der Waals surface area contributed by atoms with Crippen LogP contribution in [0.15, 0.2) is 24.5 Å². The van der Waals surface area contributed by atoms with Crippen LogP contribution in [-0.4, -0.2) is 27.6 Å². The molecular weight excluding hydrogens is 271 g/mol. The third-order valence-electron chi connectivity index (χ3n) is 2.51. The highest BCUT2D eigenvalue weighted by molar-refractivity contribution is 6.30. The largest absolute Gasteiger partial charge is 0.352 e. The summed E-state index contributed by atoms with van der Waals surface area (Å²) in [6.07, 6.45) is 2.77. The van der Waals surface area contributed by atoms with Gasteiger partial charge in [0.05, 0.1) is 5.56 Å². The highest BCUT2D eigenvalue weighted by Crippen LogP contribution is 2.14. The zero-order valence-corrected chi connectivity index (χ0v) is 10.7. The molecule has 0 saturated carbocycles. The van der Waals surface area contributed by atoms with Crippen molar-refractivity contribution >= 4 is 17.5 Å². The molecule has 0 aliphatic rings. The van der Waals surface area contributed by atoms with Gasteiger partial charge in [-0.1, -0.05) is 11.6 Å². The molecule has 1 aromatic carbocycles. The van der Waals surface area contributed by atoms with Crippen molar-refractivity contribution in [2.24, 2.45) is 0 Å². The summed E-state index contributed by atoms with van der Waals surface area (Å²) in [6, 6.07) is 3.88. The van der Waals surface area contributed by atoms with E-state index in [0.717, 1.165) is 5.82 Å². The molecule has 2 rings (SSSR count). The first kappa shape index (κ1) is 13.5. The number of carbonyl (C=O) groups excluding carboxylic acids is 1. The number of halogens is 2. The Morgan fingerprint density at radius 1 is 1.47 bits per heavy atom. The molecule has 0 unspecified atom stereocenters. The summed E-state index contributed by atoms with van der Waals surface area (Å²) >= 11 is 5.72. The fraction of sp³-hybridized carbons (Fsp3) is 0.250. The molecule has 19 heavy (non-hydrogen) atoms. The maximum Gasteiger partial charge on any atom is 0.254 e. The number of benzene rings is 1. The van der Waals surface area contributed by atoms with Crippen molar-refractivity contribution in [2.45, 2.75) is 12.8 Å². The van der Waals surface area contributed by atoms with Crippen molar-refractivity contribution in [2.75, 3.05) is 6.54 Å². The molecule has 0 radical (unpaired) electrons. The molecule has 0 fully saturated rings. The Labute approximate surface area is 114 Å². The lowest BCUT2D eigenvalue weighted by atomic mass is 10.2. The quantitative estimate of drug-likeness (QED) is 0.824. The number of H-pyrrole nitrogens is 1. The third kappa shape index (κ3) is 3.75. The fourth-order valence-corrected chi connectivity index (χ4v) is 1.75. The van der Waals surface area contributed by atoms with Crippen LogP contribution in [0.1, 0.15) is 22.6 Å². The first-order valence-electron chi connectivity index (χ1n) is 5.74. The lowest BCUT2D eigenvalue weighted by molar-refractivity contribution is 0.0949. The number of amides is 1. The van der Waals surface area contributed by atoms with E-state index in [9.17, 15) is 9.18 Å². The highest BCUT2D eigenvalue weighted by atomic mass is 35.5. The minimum absolute atomic E-state index is 0.0489. The monoisotopic (exact) mass is 282 g/mol. The fourth-order valence-electron chi connectivity index (χ4n) is 1.58. The lowest BCUT2D eigenvalue weighted by Crippen LogP contribution is -2.25. The van der Waals surface area contributed by atoms with Gasteiger partial charge in [-0.2, -0.15) is 5.10 Å². The van der Waals surface area contributed by atoms with Crippen LogP contribution in [0.3, 0.4) is 0 Å². The average Bonchev–Trinajstić information content (AvgIpc) is 2.90. The summed E-state index contributed by atoms with van der Waals surface area (Å²) in [5, 5.41) is 9.40. The van der Waals surface area contributed by atoms with Crippen LogP contribution in [-0.2, 0) is 6.42 Å². The zero-order valence-electron chi connectivity index (χ0n) is 9.99. The topological polar surface area (TPSA) is 70.7 Å². The second-order valence-corrected chi connectivity index (χ2v) is 4.35. The number of hydrogen-bond donors (Lipinski definition) is 2. The first-order chi connectivity index (χ1) is 9.16. The molecule has 1 aromatic heterocycles. The lowest BCUT2D eigenvalue weighted by Gasteiger charge is -2.05. The van der Waals surface area contributed by atoms with E-state index in [1.807, 2.05) is 0 Å². The van der Waals surface area contributed by atoms with Crippen LogP contribution in [0.4, 0.5) is 4.39 Å². The van der Waals surface area contributed by atoms with E-state index in [2.05, 4.69) is 20.5 Å². The molecule has 0 aliphatic heterocycles. The highest BCUT2D eigenvalue weighted by Gasteiger charge is 2.11. The van der Waals surface area contributed by atoms with Gasteiger partial charge in [0, 0.05) is 18.0 Å². The zero-order chi connectivity index (χ0) is 13.7. The van der Waals surface area contributed by atoms with Crippen LogP contribution in [0.25, 0.3) is 0 Å². The Morgan fingerprint density at radius 2 is 2.32 bits per heavy atom. The Kier molecular flexibility index (Phi) is 4.46. The average molecular weight is 283 g/mol. The van der Waals surface area contributed by atoms with E-state index < -0.39 is 11.7 Å². The van der Waals surface area contributed by atoms with E-state index in [-0.39, 0.29) is 5.56 Å².